The number of hydrogen-bond acceptors (Lipinski definition) is 4. The lowest BCUT2D eigenvalue weighted by Gasteiger charge is -2.33. The van der Waals surface area contributed by atoms with Crippen LogP contribution in [0.15, 0.2) is 29.2 Å². The zero-order valence-electron chi connectivity index (χ0n) is 12.1. The van der Waals surface area contributed by atoms with E-state index in [0.717, 1.165) is 12.8 Å². The highest BCUT2D eigenvalue weighted by Gasteiger charge is 2.48. The number of nitrogens with zero attached hydrogens (tertiary/aromatic N) is 1. The van der Waals surface area contributed by atoms with E-state index in [1.54, 1.807) is 0 Å². The molecule has 6 nitrogen and oxygen atoms in total. The third-order valence-electron chi connectivity index (χ3n) is 4.72. The van der Waals surface area contributed by atoms with E-state index in [2.05, 4.69) is 0 Å². The van der Waals surface area contributed by atoms with Crippen LogP contribution in [0.3, 0.4) is 0 Å². The molecule has 2 N–H and O–H groups in total. The Bertz CT molecular complexity index is 670. The molecule has 0 aromatic heterocycles. The molecule has 2 fully saturated rings. The van der Waals surface area contributed by atoms with Crippen LogP contribution in [0.4, 0.5) is 0 Å². The zero-order chi connectivity index (χ0) is 16.0. The van der Waals surface area contributed by atoms with Crippen LogP contribution in [0.25, 0.3) is 0 Å². The fraction of sp³-hybridized carbons (Fsp3) is 0.533. The van der Waals surface area contributed by atoms with Crippen molar-refractivity contribution in [1.29, 1.82) is 0 Å². The second kappa shape index (κ2) is 5.33. The van der Waals surface area contributed by atoms with E-state index in [-0.39, 0.29) is 16.4 Å². The number of hydrogen-bond donors (Lipinski definition) is 2. The number of carboxylic acid groups (broad SMARTS) is 1. The Balaban J connectivity index is 1.72. The second-order valence-electron chi connectivity index (χ2n) is 6.11. The lowest BCUT2D eigenvalue weighted by molar-refractivity contribution is 0.0534. The molecule has 120 valence electrons. The van der Waals surface area contributed by atoms with Crippen molar-refractivity contribution < 1.29 is 23.4 Å². The molecule has 1 aliphatic carbocycles. The summed E-state index contributed by atoms with van der Waals surface area (Å²) in [6, 6.07) is 5.27. The van der Waals surface area contributed by atoms with E-state index in [4.69, 9.17) is 5.11 Å². The molecule has 1 aromatic rings. The van der Waals surface area contributed by atoms with E-state index in [1.165, 1.54) is 28.6 Å². The Hall–Kier alpha value is -1.44. The zero-order valence-corrected chi connectivity index (χ0v) is 12.9. The molecule has 0 bridgehead atoms. The normalized spacial score (nSPS) is 22.4. The summed E-state index contributed by atoms with van der Waals surface area (Å²) in [5.74, 6) is -0.893. The first-order valence-corrected chi connectivity index (χ1v) is 8.83. The lowest BCUT2D eigenvalue weighted by Crippen LogP contribution is -2.41. The van der Waals surface area contributed by atoms with E-state index >= 15 is 0 Å². The Morgan fingerprint density at radius 3 is 2.14 bits per heavy atom. The molecule has 0 radical (unpaired) electrons. The van der Waals surface area contributed by atoms with Gasteiger partial charge < -0.3 is 10.2 Å². The molecule has 1 heterocycles. The van der Waals surface area contributed by atoms with Crippen LogP contribution in [-0.4, -0.2) is 47.6 Å². The molecule has 2 aliphatic rings. The average Bonchev–Trinajstić information content (AvgIpc) is 3.26. The number of benzene rings is 1. The minimum Gasteiger partial charge on any atom is -0.478 e. The molecule has 1 aliphatic heterocycles. The van der Waals surface area contributed by atoms with Gasteiger partial charge in [-0.3, -0.25) is 0 Å². The third kappa shape index (κ3) is 2.76. The fourth-order valence-electron chi connectivity index (χ4n) is 3.09. The van der Waals surface area contributed by atoms with Crippen LogP contribution in [-0.2, 0) is 10.0 Å². The maximum absolute atomic E-state index is 12.6. The highest BCUT2D eigenvalue weighted by atomic mass is 32.2. The SMILES string of the molecule is O=C(O)c1ccc(S(=O)(=O)N2CCC(C3(O)CC3)CC2)cc1. The van der Waals surface area contributed by atoms with Gasteiger partial charge in [-0.05, 0) is 55.9 Å². The van der Waals surface area contributed by atoms with Gasteiger partial charge in [0.05, 0.1) is 16.1 Å². The van der Waals surface area contributed by atoms with Gasteiger partial charge in [-0.1, -0.05) is 0 Å². The van der Waals surface area contributed by atoms with Gasteiger partial charge in [-0.2, -0.15) is 4.31 Å². The molecular formula is C15H19NO5S. The molecule has 7 heteroatoms. The number of carbonyl (C=O) groups is 1. The second-order valence-corrected chi connectivity index (χ2v) is 8.05. The Labute approximate surface area is 129 Å². The molecule has 0 amide bonds. The van der Waals surface area contributed by atoms with Crippen LogP contribution in [0.5, 0.6) is 0 Å². The smallest absolute Gasteiger partial charge is 0.335 e. The summed E-state index contributed by atoms with van der Waals surface area (Å²) in [5.41, 5.74) is -0.493. The van der Waals surface area contributed by atoms with E-state index < -0.39 is 21.6 Å². The van der Waals surface area contributed by atoms with Gasteiger partial charge in [-0.15, -0.1) is 0 Å². The van der Waals surface area contributed by atoms with Gasteiger partial charge in [-0.25, -0.2) is 13.2 Å². The number of aliphatic hydroxyl groups is 1. The molecule has 1 aromatic carbocycles. The van der Waals surface area contributed by atoms with Gasteiger partial charge >= 0.3 is 5.97 Å². The summed E-state index contributed by atoms with van der Waals surface area (Å²) in [5, 5.41) is 19.0. The summed E-state index contributed by atoms with van der Waals surface area (Å²) in [4.78, 5) is 10.9. The van der Waals surface area contributed by atoms with Crippen molar-refractivity contribution in [2.75, 3.05) is 13.1 Å². The molecule has 0 unspecified atom stereocenters. The largest absolute Gasteiger partial charge is 0.478 e. The van der Waals surface area contributed by atoms with Crippen molar-refractivity contribution in [1.82, 2.24) is 4.31 Å². The minimum absolute atomic E-state index is 0.0635. The number of aromatic carboxylic acids is 1. The molecule has 1 saturated heterocycles. The molecule has 0 spiro atoms. The lowest BCUT2D eigenvalue weighted by atomic mass is 9.90. The highest BCUT2D eigenvalue weighted by Crippen LogP contribution is 2.46. The van der Waals surface area contributed by atoms with Gasteiger partial charge in [0, 0.05) is 13.1 Å². The number of piperidine rings is 1. The summed E-state index contributed by atoms with van der Waals surface area (Å²) in [6.07, 6.45) is 2.98. The monoisotopic (exact) mass is 325 g/mol. The molecule has 1 saturated carbocycles. The standard InChI is InChI=1S/C15H19NO5S/c17-14(18)11-1-3-13(4-2-11)22(20,21)16-9-5-12(6-10-16)15(19)7-8-15/h1-4,12,19H,5-10H2,(H,17,18). The Morgan fingerprint density at radius 1 is 1.14 bits per heavy atom. The van der Waals surface area contributed by atoms with E-state index in [0.29, 0.717) is 25.9 Å². The summed E-state index contributed by atoms with van der Waals surface area (Å²) in [7, 11) is -3.59. The number of rotatable bonds is 4. The maximum atomic E-state index is 12.6. The van der Waals surface area contributed by atoms with Crippen molar-refractivity contribution in [2.45, 2.75) is 36.2 Å². The quantitative estimate of drug-likeness (QED) is 0.870. The van der Waals surface area contributed by atoms with Crippen molar-refractivity contribution in [3.8, 4) is 0 Å². The Kier molecular flexibility index (Phi) is 3.74. The van der Waals surface area contributed by atoms with Crippen LogP contribution in [0, 0.1) is 5.92 Å². The predicted octanol–water partition coefficient (Wildman–Crippen LogP) is 1.31. The number of carboxylic acids is 1. The Morgan fingerprint density at radius 2 is 1.68 bits per heavy atom. The summed E-state index contributed by atoms with van der Waals surface area (Å²) < 4.78 is 26.5. The van der Waals surface area contributed by atoms with Crippen molar-refractivity contribution in [3.05, 3.63) is 29.8 Å². The average molecular weight is 325 g/mol. The molecule has 3 rings (SSSR count). The van der Waals surface area contributed by atoms with Crippen molar-refractivity contribution in [2.24, 2.45) is 5.92 Å². The first-order chi connectivity index (χ1) is 10.3. The van der Waals surface area contributed by atoms with Crippen molar-refractivity contribution in [3.63, 3.8) is 0 Å². The van der Waals surface area contributed by atoms with Crippen LogP contribution in [0.2, 0.25) is 0 Å². The van der Waals surface area contributed by atoms with Crippen molar-refractivity contribution >= 4 is 16.0 Å². The van der Waals surface area contributed by atoms with Gasteiger partial charge in [0.25, 0.3) is 0 Å². The van der Waals surface area contributed by atoms with E-state index in [1.807, 2.05) is 0 Å². The predicted molar refractivity (Wildman–Crippen MR) is 79.1 cm³/mol. The first-order valence-electron chi connectivity index (χ1n) is 7.39. The van der Waals surface area contributed by atoms with Gasteiger partial charge in [0.1, 0.15) is 0 Å². The fourth-order valence-corrected chi connectivity index (χ4v) is 4.56. The minimum atomic E-state index is -3.59. The molecule has 22 heavy (non-hydrogen) atoms. The molecular weight excluding hydrogens is 306 g/mol. The third-order valence-corrected chi connectivity index (χ3v) is 6.63. The summed E-state index contributed by atoms with van der Waals surface area (Å²) in [6.45, 7) is 0.798. The van der Waals surface area contributed by atoms with Crippen LogP contribution < -0.4 is 0 Å². The van der Waals surface area contributed by atoms with Crippen LogP contribution >= 0.6 is 0 Å². The molecule has 0 atom stereocenters. The van der Waals surface area contributed by atoms with E-state index in [9.17, 15) is 18.3 Å². The highest BCUT2D eigenvalue weighted by molar-refractivity contribution is 7.89. The topological polar surface area (TPSA) is 94.9 Å². The van der Waals surface area contributed by atoms with Gasteiger partial charge in [0.15, 0.2) is 0 Å². The number of sulfonamides is 1. The first kappa shape index (κ1) is 15.5. The van der Waals surface area contributed by atoms with Crippen LogP contribution in [0.1, 0.15) is 36.0 Å². The van der Waals surface area contributed by atoms with Gasteiger partial charge in [0.2, 0.25) is 10.0 Å². The maximum Gasteiger partial charge on any atom is 0.335 e. The summed E-state index contributed by atoms with van der Waals surface area (Å²) >= 11 is 0.